The van der Waals surface area contributed by atoms with Crippen LogP contribution in [0, 0.1) is 10.1 Å². The maximum Gasteiger partial charge on any atom is 0.275 e. The molecule has 0 saturated carbocycles. The third-order valence-electron chi connectivity index (χ3n) is 2.90. The fourth-order valence-electron chi connectivity index (χ4n) is 2.06. The fraction of sp³-hybridized carbons (Fsp3) is 0.333. The van der Waals surface area contributed by atoms with Gasteiger partial charge in [-0.05, 0) is 19.1 Å². The molecule has 1 aliphatic carbocycles. The maximum atomic E-state index is 11.0. The van der Waals surface area contributed by atoms with Crippen molar-refractivity contribution in [2.75, 3.05) is 6.61 Å². The van der Waals surface area contributed by atoms with Crippen LogP contribution in [0.2, 0.25) is 0 Å². The van der Waals surface area contributed by atoms with Crippen LogP contribution in [0.5, 0.6) is 11.5 Å². The number of benzene rings is 1. The number of phenolic OH excluding ortho intramolecular Hbond substituents is 2. The number of nitro groups is 1. The van der Waals surface area contributed by atoms with Gasteiger partial charge < -0.3 is 14.9 Å². The maximum absolute atomic E-state index is 11.0. The van der Waals surface area contributed by atoms with Crippen molar-refractivity contribution in [3.63, 3.8) is 0 Å². The lowest BCUT2D eigenvalue weighted by Gasteiger charge is -2.21. The average Bonchev–Trinajstić information content (AvgIpc) is 2.34. The third kappa shape index (κ3) is 2.02. The molecule has 0 unspecified atom stereocenters. The van der Waals surface area contributed by atoms with Crippen LogP contribution in [0.4, 0.5) is 0 Å². The molecular weight excluding hydrogens is 238 g/mol. The van der Waals surface area contributed by atoms with Crippen molar-refractivity contribution in [2.45, 2.75) is 19.4 Å². The molecule has 1 aromatic rings. The standard InChI is InChI=1S/C12H13NO5/c1-2-18-12-6-8-7(5-9(12)13(16)17)10(14)3-4-11(8)15/h3-5,12,14-15H,2,6H2,1H3/t12-/m0/s1. The van der Waals surface area contributed by atoms with Crippen molar-refractivity contribution in [3.05, 3.63) is 39.1 Å². The van der Waals surface area contributed by atoms with E-state index in [0.29, 0.717) is 12.2 Å². The van der Waals surface area contributed by atoms with E-state index in [0.717, 1.165) is 0 Å². The highest BCUT2D eigenvalue weighted by molar-refractivity contribution is 5.68. The minimum absolute atomic E-state index is 0.00570. The Kier molecular flexibility index (Phi) is 3.20. The Morgan fingerprint density at radius 3 is 2.72 bits per heavy atom. The lowest BCUT2D eigenvalue weighted by molar-refractivity contribution is -0.435. The lowest BCUT2D eigenvalue weighted by Crippen LogP contribution is -2.26. The number of aromatic hydroxyl groups is 2. The van der Waals surface area contributed by atoms with Crippen molar-refractivity contribution in [2.24, 2.45) is 0 Å². The van der Waals surface area contributed by atoms with E-state index < -0.39 is 11.0 Å². The number of phenols is 2. The summed E-state index contributed by atoms with van der Waals surface area (Å²) in [4.78, 5) is 10.4. The first-order valence-electron chi connectivity index (χ1n) is 5.56. The van der Waals surface area contributed by atoms with E-state index in [1.165, 1.54) is 18.2 Å². The first kappa shape index (κ1) is 12.4. The fourth-order valence-corrected chi connectivity index (χ4v) is 2.06. The van der Waals surface area contributed by atoms with E-state index in [4.69, 9.17) is 4.74 Å². The normalized spacial score (nSPS) is 18.1. The van der Waals surface area contributed by atoms with Gasteiger partial charge in [0.15, 0.2) is 6.10 Å². The van der Waals surface area contributed by atoms with Crippen LogP contribution in [-0.2, 0) is 11.2 Å². The molecule has 1 aromatic carbocycles. The second kappa shape index (κ2) is 4.66. The van der Waals surface area contributed by atoms with Crippen molar-refractivity contribution in [1.82, 2.24) is 0 Å². The molecule has 1 atom stereocenters. The molecule has 1 aliphatic rings. The zero-order valence-corrected chi connectivity index (χ0v) is 9.79. The van der Waals surface area contributed by atoms with Crippen LogP contribution in [0.3, 0.4) is 0 Å². The van der Waals surface area contributed by atoms with Crippen molar-refractivity contribution in [3.8, 4) is 11.5 Å². The van der Waals surface area contributed by atoms with Crippen LogP contribution in [-0.4, -0.2) is 27.8 Å². The monoisotopic (exact) mass is 251 g/mol. The highest BCUT2D eigenvalue weighted by atomic mass is 16.6. The summed E-state index contributed by atoms with van der Waals surface area (Å²) in [5.41, 5.74) is 0.655. The molecule has 0 heterocycles. The van der Waals surface area contributed by atoms with Crippen LogP contribution in [0.25, 0.3) is 6.08 Å². The van der Waals surface area contributed by atoms with E-state index in [9.17, 15) is 20.3 Å². The van der Waals surface area contributed by atoms with E-state index in [1.54, 1.807) is 6.92 Å². The number of hydrogen-bond acceptors (Lipinski definition) is 5. The zero-order chi connectivity index (χ0) is 13.3. The van der Waals surface area contributed by atoms with Gasteiger partial charge in [0.25, 0.3) is 5.70 Å². The third-order valence-corrected chi connectivity index (χ3v) is 2.90. The molecule has 96 valence electrons. The summed E-state index contributed by atoms with van der Waals surface area (Å²) in [5.74, 6) is -0.0803. The highest BCUT2D eigenvalue weighted by Gasteiger charge is 2.33. The molecule has 0 radical (unpaired) electrons. The van der Waals surface area contributed by atoms with Gasteiger partial charge in [0.1, 0.15) is 11.5 Å². The Bertz CT molecular complexity index is 523. The second-order valence-electron chi connectivity index (χ2n) is 3.97. The van der Waals surface area contributed by atoms with Gasteiger partial charge in [-0.15, -0.1) is 0 Å². The van der Waals surface area contributed by atoms with Gasteiger partial charge in [-0.25, -0.2) is 0 Å². The Balaban J connectivity index is 2.54. The smallest absolute Gasteiger partial charge is 0.275 e. The first-order valence-corrected chi connectivity index (χ1v) is 5.56. The molecule has 0 bridgehead atoms. The van der Waals surface area contributed by atoms with Gasteiger partial charge in [-0.3, -0.25) is 10.1 Å². The Morgan fingerprint density at radius 2 is 2.11 bits per heavy atom. The number of nitrogens with zero attached hydrogens (tertiary/aromatic N) is 1. The molecule has 6 nitrogen and oxygen atoms in total. The summed E-state index contributed by atoms with van der Waals surface area (Å²) in [5, 5.41) is 30.4. The summed E-state index contributed by atoms with van der Waals surface area (Å²) < 4.78 is 5.31. The van der Waals surface area contributed by atoms with Crippen LogP contribution in [0.15, 0.2) is 17.8 Å². The van der Waals surface area contributed by atoms with E-state index >= 15 is 0 Å². The van der Waals surface area contributed by atoms with E-state index in [2.05, 4.69) is 0 Å². The van der Waals surface area contributed by atoms with E-state index in [-0.39, 0.29) is 29.2 Å². The van der Waals surface area contributed by atoms with Gasteiger partial charge in [-0.2, -0.15) is 0 Å². The summed E-state index contributed by atoms with van der Waals surface area (Å²) >= 11 is 0. The van der Waals surface area contributed by atoms with Crippen LogP contribution >= 0.6 is 0 Å². The SMILES string of the molecule is CCO[C@H]1Cc2c(O)ccc(O)c2C=C1[N+](=O)[O-]. The number of hydrogen-bond donors (Lipinski definition) is 2. The number of ether oxygens (including phenoxy) is 1. The van der Waals surface area contributed by atoms with Crippen molar-refractivity contribution < 1.29 is 19.9 Å². The zero-order valence-electron chi connectivity index (χ0n) is 9.79. The summed E-state index contributed by atoms with van der Waals surface area (Å²) in [7, 11) is 0. The minimum Gasteiger partial charge on any atom is -0.508 e. The molecular formula is C12H13NO5. The molecule has 0 spiro atoms. The summed E-state index contributed by atoms with van der Waals surface area (Å²) in [6.45, 7) is 2.08. The lowest BCUT2D eigenvalue weighted by atomic mass is 9.92. The first-order chi connectivity index (χ1) is 8.54. The minimum atomic E-state index is -0.704. The second-order valence-corrected chi connectivity index (χ2v) is 3.97. The largest absolute Gasteiger partial charge is 0.508 e. The Labute approximate surface area is 103 Å². The van der Waals surface area contributed by atoms with Gasteiger partial charge in [-0.1, -0.05) is 0 Å². The molecule has 6 heteroatoms. The molecule has 2 N–H and O–H groups in total. The molecule has 0 aromatic heterocycles. The molecule has 18 heavy (non-hydrogen) atoms. The molecule has 0 saturated heterocycles. The molecule has 0 fully saturated rings. The Hall–Kier alpha value is -2.08. The highest BCUT2D eigenvalue weighted by Crippen LogP contribution is 2.37. The quantitative estimate of drug-likeness (QED) is 0.484. The van der Waals surface area contributed by atoms with E-state index in [1.807, 2.05) is 0 Å². The van der Waals surface area contributed by atoms with Gasteiger partial charge in [0, 0.05) is 30.2 Å². The van der Waals surface area contributed by atoms with Crippen LogP contribution in [0.1, 0.15) is 18.1 Å². The Morgan fingerprint density at radius 1 is 1.44 bits per heavy atom. The average molecular weight is 251 g/mol. The predicted molar refractivity (Wildman–Crippen MR) is 63.9 cm³/mol. The van der Waals surface area contributed by atoms with Gasteiger partial charge in [0.2, 0.25) is 0 Å². The number of fused-ring (bicyclic) bond motifs is 1. The molecule has 0 aliphatic heterocycles. The summed E-state index contributed by atoms with van der Waals surface area (Å²) in [6, 6.07) is 2.67. The summed E-state index contributed by atoms with van der Waals surface area (Å²) in [6.07, 6.45) is 0.731. The van der Waals surface area contributed by atoms with Crippen molar-refractivity contribution in [1.29, 1.82) is 0 Å². The van der Waals surface area contributed by atoms with Gasteiger partial charge >= 0.3 is 0 Å². The van der Waals surface area contributed by atoms with Gasteiger partial charge in [0.05, 0.1) is 4.92 Å². The molecule has 0 amide bonds. The van der Waals surface area contributed by atoms with Crippen LogP contribution < -0.4 is 0 Å². The van der Waals surface area contributed by atoms with Crippen molar-refractivity contribution >= 4 is 6.08 Å². The predicted octanol–water partition coefficient (Wildman–Crippen LogP) is 1.68. The topological polar surface area (TPSA) is 92.8 Å². The number of rotatable bonds is 3. The molecule has 2 rings (SSSR count).